The fraction of sp³-hybridized carbons (Fsp3) is 0.500. The van der Waals surface area contributed by atoms with Crippen molar-refractivity contribution in [2.75, 3.05) is 7.05 Å². The van der Waals surface area contributed by atoms with E-state index >= 15 is 0 Å². The average molecular weight is 336 g/mol. The number of hydrogen-bond donors (Lipinski definition) is 0. The van der Waals surface area contributed by atoms with Gasteiger partial charge in [0.15, 0.2) is 0 Å². The molecule has 25 heavy (non-hydrogen) atoms. The first-order valence-electron chi connectivity index (χ1n) is 10.2. The molecule has 1 nitrogen and oxygen atoms in total. The lowest BCUT2D eigenvalue weighted by Gasteiger charge is -2.24. The second-order valence-corrected chi connectivity index (χ2v) is 7.32. The van der Waals surface area contributed by atoms with E-state index in [0.717, 1.165) is 12.6 Å². The summed E-state index contributed by atoms with van der Waals surface area (Å²) in [6.07, 6.45) is 6.76. The van der Waals surface area contributed by atoms with Crippen molar-refractivity contribution < 1.29 is 0 Å². The molecule has 4 rings (SSSR count). The topological polar surface area (TPSA) is 3.24 Å². The Morgan fingerprint density at radius 3 is 2.32 bits per heavy atom. The van der Waals surface area contributed by atoms with Gasteiger partial charge in [-0.3, -0.25) is 4.90 Å². The molecule has 2 aliphatic carbocycles. The van der Waals surface area contributed by atoms with Gasteiger partial charge < -0.3 is 0 Å². The first kappa shape index (κ1) is 18.2. The van der Waals surface area contributed by atoms with Crippen molar-refractivity contribution in [3.63, 3.8) is 0 Å². The van der Waals surface area contributed by atoms with Crippen LogP contribution in [0.2, 0.25) is 0 Å². The third kappa shape index (κ3) is 3.53. The smallest absolute Gasteiger partial charge is 0.0233 e. The molecule has 2 aromatic rings. The minimum absolute atomic E-state index is 0.581. The molecule has 0 amide bonds. The number of hydrogen-bond acceptors (Lipinski definition) is 1. The molecule has 0 radical (unpaired) electrons. The van der Waals surface area contributed by atoms with Gasteiger partial charge >= 0.3 is 0 Å². The summed E-state index contributed by atoms with van der Waals surface area (Å²) in [6.45, 7) is 7.40. The van der Waals surface area contributed by atoms with E-state index in [2.05, 4.69) is 61.3 Å². The van der Waals surface area contributed by atoms with Gasteiger partial charge in [0.1, 0.15) is 0 Å². The quantitative estimate of drug-likeness (QED) is 0.607. The molecule has 0 aliphatic heterocycles. The fourth-order valence-corrected chi connectivity index (χ4v) is 4.66. The van der Waals surface area contributed by atoms with Crippen LogP contribution in [0.5, 0.6) is 0 Å². The van der Waals surface area contributed by atoms with Crippen LogP contribution in [-0.4, -0.2) is 18.0 Å². The van der Waals surface area contributed by atoms with Crippen LogP contribution in [0.3, 0.4) is 0 Å². The Balaban J connectivity index is 0.000000880. The molecule has 2 aromatic carbocycles. The van der Waals surface area contributed by atoms with Crippen molar-refractivity contribution >= 4 is 0 Å². The molecule has 134 valence electrons. The van der Waals surface area contributed by atoms with Gasteiger partial charge in [-0.25, -0.2) is 0 Å². The Morgan fingerprint density at radius 1 is 0.920 bits per heavy atom. The molecule has 1 fully saturated rings. The Morgan fingerprint density at radius 2 is 1.60 bits per heavy atom. The minimum atomic E-state index is 0.581. The third-order valence-corrected chi connectivity index (χ3v) is 5.91. The Hall–Kier alpha value is -1.60. The normalized spacial score (nSPS) is 18.7. The largest absolute Gasteiger partial charge is 0.299 e. The van der Waals surface area contributed by atoms with Crippen LogP contribution in [0.25, 0.3) is 11.1 Å². The molecule has 0 saturated heterocycles. The van der Waals surface area contributed by atoms with Crippen molar-refractivity contribution in [2.45, 2.75) is 71.4 Å². The average Bonchev–Trinajstić information content (AvgIpc) is 3.29. The first-order valence-corrected chi connectivity index (χ1v) is 10.2. The summed E-state index contributed by atoms with van der Waals surface area (Å²) >= 11 is 0. The summed E-state index contributed by atoms with van der Waals surface area (Å²) in [7, 11) is 2.30. The van der Waals surface area contributed by atoms with E-state index in [1.807, 2.05) is 13.8 Å². The summed E-state index contributed by atoms with van der Waals surface area (Å²) in [5.41, 5.74) is 7.45. The highest BCUT2D eigenvalue weighted by molar-refractivity contribution is 5.79. The molecule has 0 spiro atoms. The maximum atomic E-state index is 2.57. The number of benzene rings is 2. The summed E-state index contributed by atoms with van der Waals surface area (Å²) < 4.78 is 0. The molecule has 1 heteroatoms. The van der Waals surface area contributed by atoms with Gasteiger partial charge in [-0.2, -0.15) is 0 Å². The van der Waals surface area contributed by atoms with Gasteiger partial charge in [-0.05, 0) is 54.1 Å². The Labute approximate surface area is 154 Å². The van der Waals surface area contributed by atoms with Crippen molar-refractivity contribution in [3.8, 4) is 11.1 Å². The van der Waals surface area contributed by atoms with Crippen molar-refractivity contribution in [1.29, 1.82) is 0 Å². The van der Waals surface area contributed by atoms with Crippen LogP contribution in [0.4, 0.5) is 0 Å². The maximum absolute atomic E-state index is 2.57. The second-order valence-electron chi connectivity index (χ2n) is 7.32. The summed E-state index contributed by atoms with van der Waals surface area (Å²) in [5, 5.41) is 0. The second kappa shape index (κ2) is 8.19. The summed E-state index contributed by atoms with van der Waals surface area (Å²) in [6, 6.07) is 16.9. The molecule has 0 aromatic heterocycles. The van der Waals surface area contributed by atoms with E-state index in [-0.39, 0.29) is 0 Å². The Kier molecular flexibility index (Phi) is 5.96. The van der Waals surface area contributed by atoms with E-state index in [1.54, 1.807) is 5.56 Å². The molecule has 1 saturated carbocycles. The van der Waals surface area contributed by atoms with Gasteiger partial charge in [0.2, 0.25) is 0 Å². The lowest BCUT2D eigenvalue weighted by molar-refractivity contribution is 0.237. The van der Waals surface area contributed by atoms with E-state index in [9.17, 15) is 0 Å². The predicted octanol–water partition coefficient (Wildman–Crippen LogP) is 6.61. The maximum Gasteiger partial charge on any atom is 0.0233 e. The van der Waals surface area contributed by atoms with Gasteiger partial charge in [0.05, 0.1) is 0 Å². The van der Waals surface area contributed by atoms with Crippen LogP contribution < -0.4 is 0 Å². The van der Waals surface area contributed by atoms with Crippen molar-refractivity contribution in [1.82, 2.24) is 4.90 Å². The first-order chi connectivity index (χ1) is 12.3. The summed E-state index contributed by atoms with van der Waals surface area (Å²) in [4.78, 5) is 2.57. The molecule has 0 N–H and O–H groups in total. The van der Waals surface area contributed by atoms with Gasteiger partial charge in [-0.1, -0.05) is 76.1 Å². The van der Waals surface area contributed by atoms with E-state index in [0.29, 0.717) is 5.92 Å². The van der Waals surface area contributed by atoms with Crippen LogP contribution in [0.15, 0.2) is 42.5 Å². The van der Waals surface area contributed by atoms with Crippen LogP contribution >= 0.6 is 0 Å². The minimum Gasteiger partial charge on any atom is -0.299 e. The highest BCUT2D eigenvalue weighted by Gasteiger charge is 2.27. The zero-order chi connectivity index (χ0) is 17.8. The molecule has 1 unspecified atom stereocenters. The lowest BCUT2D eigenvalue weighted by atomic mass is 9.93. The lowest BCUT2D eigenvalue weighted by Crippen LogP contribution is -2.28. The highest BCUT2D eigenvalue weighted by Crippen LogP contribution is 2.46. The molecular weight excluding hydrogens is 302 g/mol. The van der Waals surface area contributed by atoms with Crippen LogP contribution in [-0.2, 0) is 6.54 Å². The van der Waals surface area contributed by atoms with Crippen LogP contribution in [0.1, 0.15) is 75.5 Å². The van der Waals surface area contributed by atoms with E-state index in [1.165, 1.54) is 54.4 Å². The third-order valence-electron chi connectivity index (χ3n) is 5.91. The zero-order valence-electron chi connectivity index (χ0n) is 16.4. The van der Waals surface area contributed by atoms with Gasteiger partial charge in [0.25, 0.3) is 0 Å². The molecule has 1 atom stereocenters. The molecule has 0 heterocycles. The number of rotatable bonds is 4. The molecule has 0 bridgehead atoms. The number of nitrogens with zero attached hydrogens (tertiary/aromatic N) is 1. The zero-order valence-corrected chi connectivity index (χ0v) is 16.4. The van der Waals surface area contributed by atoms with Crippen LogP contribution in [0, 0.1) is 0 Å². The van der Waals surface area contributed by atoms with Gasteiger partial charge in [0, 0.05) is 18.5 Å². The molecule has 2 aliphatic rings. The predicted molar refractivity (Wildman–Crippen MR) is 109 cm³/mol. The monoisotopic (exact) mass is 335 g/mol. The van der Waals surface area contributed by atoms with E-state index in [4.69, 9.17) is 0 Å². The van der Waals surface area contributed by atoms with Crippen molar-refractivity contribution in [3.05, 3.63) is 59.2 Å². The van der Waals surface area contributed by atoms with Crippen molar-refractivity contribution in [2.24, 2.45) is 0 Å². The standard InChI is InChI=1S/C22H27N.C2H6/c1-3-18-19-10-6-7-11-20(19)21-13-12-16(14-22(18)21)15-23(2)17-8-4-5-9-17;1-2/h6-7,10-14,17-18H,3-5,8-9,15H2,1-2H3;1-2H3. The van der Waals surface area contributed by atoms with E-state index < -0.39 is 0 Å². The summed E-state index contributed by atoms with van der Waals surface area (Å²) in [5.74, 6) is 0.581. The SMILES string of the molecule is CC.CCC1c2ccccc2-c2ccc(CN(C)C3CCCC3)cc21. The van der Waals surface area contributed by atoms with Gasteiger partial charge in [-0.15, -0.1) is 0 Å². The highest BCUT2D eigenvalue weighted by atomic mass is 15.1. The molecular formula is C24H33N. The number of fused-ring (bicyclic) bond motifs is 3. The fourth-order valence-electron chi connectivity index (χ4n) is 4.66. The Bertz CT molecular complexity index is 697.